The van der Waals surface area contributed by atoms with Gasteiger partial charge in [-0.05, 0) is 18.6 Å². The second kappa shape index (κ2) is 6.14. The SMILES string of the molecule is CCNc1nnc(C(=O)N2CC(c3cccc(C(F)(F)F)c3)C2)o1. The molecule has 6 nitrogen and oxygen atoms in total. The molecule has 0 unspecified atom stereocenters. The van der Waals surface area contributed by atoms with E-state index < -0.39 is 17.6 Å². The number of halogens is 3. The number of aromatic nitrogens is 2. The van der Waals surface area contributed by atoms with Crippen LogP contribution in [0, 0.1) is 0 Å². The Hall–Kier alpha value is -2.58. The molecule has 2 heterocycles. The number of hydrogen-bond donors (Lipinski definition) is 1. The molecule has 2 aromatic rings. The third-order valence-electron chi connectivity index (χ3n) is 3.79. The zero-order chi connectivity index (χ0) is 17.3. The number of likely N-dealkylation sites (tertiary alicyclic amines) is 1. The molecule has 0 aliphatic carbocycles. The van der Waals surface area contributed by atoms with Crippen molar-refractivity contribution in [2.24, 2.45) is 0 Å². The minimum atomic E-state index is -4.37. The molecule has 1 aliphatic rings. The highest BCUT2D eigenvalue weighted by molar-refractivity contribution is 5.90. The lowest BCUT2D eigenvalue weighted by Gasteiger charge is -2.38. The Labute approximate surface area is 135 Å². The minimum Gasteiger partial charge on any atom is -0.399 e. The number of benzene rings is 1. The van der Waals surface area contributed by atoms with Gasteiger partial charge in [0.25, 0.3) is 0 Å². The fourth-order valence-corrected chi connectivity index (χ4v) is 2.49. The molecular weight excluding hydrogens is 325 g/mol. The van der Waals surface area contributed by atoms with Gasteiger partial charge in [0.15, 0.2) is 0 Å². The molecule has 0 bridgehead atoms. The first-order chi connectivity index (χ1) is 11.4. The van der Waals surface area contributed by atoms with E-state index in [0.717, 1.165) is 12.1 Å². The number of hydrogen-bond acceptors (Lipinski definition) is 5. The molecule has 1 aromatic carbocycles. The largest absolute Gasteiger partial charge is 0.416 e. The van der Waals surface area contributed by atoms with Gasteiger partial charge in [-0.2, -0.15) is 13.2 Å². The van der Waals surface area contributed by atoms with Crippen LogP contribution in [0.15, 0.2) is 28.7 Å². The summed E-state index contributed by atoms with van der Waals surface area (Å²) in [7, 11) is 0. The predicted octanol–water partition coefficient (Wildman–Crippen LogP) is 2.76. The highest BCUT2D eigenvalue weighted by Crippen LogP contribution is 2.34. The van der Waals surface area contributed by atoms with Gasteiger partial charge in [0.1, 0.15) is 0 Å². The lowest BCUT2D eigenvalue weighted by molar-refractivity contribution is -0.137. The van der Waals surface area contributed by atoms with E-state index >= 15 is 0 Å². The monoisotopic (exact) mass is 340 g/mol. The minimum absolute atomic E-state index is 0.131. The molecule has 9 heteroatoms. The average Bonchev–Trinajstić information content (AvgIpc) is 2.94. The van der Waals surface area contributed by atoms with Crippen molar-refractivity contribution in [3.05, 3.63) is 41.3 Å². The molecule has 1 aromatic heterocycles. The van der Waals surface area contributed by atoms with Gasteiger partial charge in [0, 0.05) is 25.6 Å². The zero-order valence-electron chi connectivity index (χ0n) is 12.8. The topological polar surface area (TPSA) is 71.3 Å². The molecule has 24 heavy (non-hydrogen) atoms. The van der Waals surface area contributed by atoms with Crippen molar-refractivity contribution in [1.82, 2.24) is 15.1 Å². The van der Waals surface area contributed by atoms with Crippen LogP contribution < -0.4 is 5.32 Å². The third-order valence-corrected chi connectivity index (χ3v) is 3.79. The fraction of sp³-hybridized carbons (Fsp3) is 0.400. The van der Waals surface area contributed by atoms with E-state index in [-0.39, 0.29) is 17.8 Å². The van der Waals surface area contributed by atoms with Crippen molar-refractivity contribution in [1.29, 1.82) is 0 Å². The smallest absolute Gasteiger partial charge is 0.399 e. The molecule has 0 atom stereocenters. The van der Waals surface area contributed by atoms with E-state index in [1.54, 1.807) is 6.07 Å². The predicted molar refractivity (Wildman–Crippen MR) is 78.6 cm³/mol. The number of carbonyl (C=O) groups excluding carboxylic acids is 1. The van der Waals surface area contributed by atoms with Crippen LogP contribution in [-0.2, 0) is 6.18 Å². The summed E-state index contributed by atoms with van der Waals surface area (Å²) in [6.45, 7) is 3.07. The maximum Gasteiger partial charge on any atom is 0.416 e. The van der Waals surface area contributed by atoms with E-state index in [1.807, 2.05) is 6.92 Å². The van der Waals surface area contributed by atoms with Gasteiger partial charge in [-0.15, -0.1) is 5.10 Å². The molecule has 1 amide bonds. The van der Waals surface area contributed by atoms with Crippen LogP contribution in [0.25, 0.3) is 0 Å². The number of amides is 1. The lowest BCUT2D eigenvalue weighted by Crippen LogP contribution is -2.48. The molecule has 0 radical (unpaired) electrons. The third kappa shape index (κ3) is 3.19. The van der Waals surface area contributed by atoms with Crippen molar-refractivity contribution < 1.29 is 22.4 Å². The number of rotatable bonds is 4. The first-order valence-electron chi connectivity index (χ1n) is 7.42. The van der Waals surface area contributed by atoms with Crippen molar-refractivity contribution in [3.63, 3.8) is 0 Å². The highest BCUT2D eigenvalue weighted by Gasteiger charge is 2.36. The molecule has 1 aliphatic heterocycles. The van der Waals surface area contributed by atoms with Crippen LogP contribution in [0.4, 0.5) is 19.2 Å². The quantitative estimate of drug-likeness (QED) is 0.927. The Morgan fingerprint density at radius 3 is 2.79 bits per heavy atom. The van der Waals surface area contributed by atoms with Crippen molar-refractivity contribution in [3.8, 4) is 0 Å². The van der Waals surface area contributed by atoms with E-state index in [0.29, 0.717) is 25.2 Å². The van der Waals surface area contributed by atoms with E-state index in [4.69, 9.17) is 4.42 Å². The zero-order valence-corrected chi connectivity index (χ0v) is 12.8. The van der Waals surface area contributed by atoms with Crippen molar-refractivity contribution in [2.75, 3.05) is 25.0 Å². The molecule has 1 N–H and O–H groups in total. The molecular formula is C15H15F3N4O2. The van der Waals surface area contributed by atoms with Gasteiger partial charge >= 0.3 is 24.0 Å². The molecule has 0 spiro atoms. The highest BCUT2D eigenvalue weighted by atomic mass is 19.4. The first kappa shape index (κ1) is 16.3. The van der Waals surface area contributed by atoms with Gasteiger partial charge < -0.3 is 14.6 Å². The summed E-state index contributed by atoms with van der Waals surface area (Å²) in [5.41, 5.74) is -0.121. The summed E-state index contributed by atoms with van der Waals surface area (Å²) in [5, 5.41) is 10.1. The van der Waals surface area contributed by atoms with Gasteiger partial charge in [-0.1, -0.05) is 23.3 Å². The van der Waals surface area contributed by atoms with E-state index in [2.05, 4.69) is 15.5 Å². The second-order valence-electron chi connectivity index (χ2n) is 5.47. The van der Waals surface area contributed by atoms with Crippen LogP contribution in [0.3, 0.4) is 0 Å². The standard InChI is InChI=1S/C15H15F3N4O2/c1-2-19-14-21-20-12(24-14)13(23)22-7-10(8-22)9-4-3-5-11(6-9)15(16,17)18/h3-6,10H,2,7-8H2,1H3,(H,19,21). The van der Waals surface area contributed by atoms with Crippen LogP contribution in [0.1, 0.15) is 34.7 Å². The first-order valence-corrected chi connectivity index (χ1v) is 7.42. The summed E-state index contributed by atoms with van der Waals surface area (Å²) in [4.78, 5) is 13.6. The lowest BCUT2D eigenvalue weighted by atomic mass is 9.90. The van der Waals surface area contributed by atoms with Crippen LogP contribution in [0.5, 0.6) is 0 Å². The molecule has 0 saturated carbocycles. The maximum absolute atomic E-state index is 12.7. The Kier molecular flexibility index (Phi) is 4.16. The summed E-state index contributed by atoms with van der Waals surface area (Å²) < 4.78 is 43.4. The molecule has 1 saturated heterocycles. The summed E-state index contributed by atoms with van der Waals surface area (Å²) in [6, 6.07) is 5.34. The number of alkyl halides is 3. The Bertz CT molecular complexity index is 738. The molecule has 1 fully saturated rings. The van der Waals surface area contributed by atoms with Gasteiger partial charge in [-0.3, -0.25) is 4.79 Å². The number of nitrogens with zero attached hydrogens (tertiary/aromatic N) is 3. The van der Waals surface area contributed by atoms with Crippen molar-refractivity contribution >= 4 is 11.9 Å². The second-order valence-corrected chi connectivity index (χ2v) is 5.47. The van der Waals surface area contributed by atoms with Gasteiger partial charge in [0.2, 0.25) is 0 Å². The normalized spacial score (nSPS) is 15.2. The Balaban J connectivity index is 1.63. The summed E-state index contributed by atoms with van der Waals surface area (Å²) >= 11 is 0. The van der Waals surface area contributed by atoms with Gasteiger partial charge in [-0.25, -0.2) is 0 Å². The van der Waals surface area contributed by atoms with Crippen LogP contribution in [0.2, 0.25) is 0 Å². The van der Waals surface area contributed by atoms with Crippen LogP contribution >= 0.6 is 0 Å². The fourth-order valence-electron chi connectivity index (χ4n) is 2.49. The van der Waals surface area contributed by atoms with Crippen LogP contribution in [-0.4, -0.2) is 40.6 Å². The number of nitrogens with one attached hydrogen (secondary N) is 1. The Morgan fingerprint density at radius 2 is 2.12 bits per heavy atom. The number of carbonyl (C=O) groups is 1. The van der Waals surface area contributed by atoms with Gasteiger partial charge in [0.05, 0.1) is 5.56 Å². The molecule has 3 rings (SSSR count). The summed E-state index contributed by atoms with van der Waals surface area (Å²) in [5.74, 6) is -0.685. The summed E-state index contributed by atoms with van der Waals surface area (Å²) in [6.07, 6.45) is -4.37. The van der Waals surface area contributed by atoms with E-state index in [9.17, 15) is 18.0 Å². The maximum atomic E-state index is 12.7. The molecule has 128 valence electrons. The average molecular weight is 340 g/mol. The Morgan fingerprint density at radius 1 is 1.38 bits per heavy atom. The van der Waals surface area contributed by atoms with E-state index in [1.165, 1.54) is 11.0 Å². The number of anilines is 1. The van der Waals surface area contributed by atoms with Crippen molar-refractivity contribution in [2.45, 2.75) is 19.0 Å².